The zero-order valence-corrected chi connectivity index (χ0v) is 36.9. The third-order valence-electron chi connectivity index (χ3n) is 9.36. The Kier molecular flexibility index (Phi) is 28.8. The number of sulfone groups is 1. The fraction of sp³-hybridized carbons (Fsp3) is 0.698. The lowest BCUT2D eigenvalue weighted by Crippen LogP contribution is -2.28. The van der Waals surface area contributed by atoms with Gasteiger partial charge in [0.15, 0.2) is 6.10 Å². The molecule has 0 saturated carbocycles. The molecule has 0 aliphatic carbocycles. The van der Waals surface area contributed by atoms with E-state index >= 15 is 0 Å². The summed E-state index contributed by atoms with van der Waals surface area (Å²) in [5.74, 6) is 4.67. The first-order chi connectivity index (χ1) is 27.3. The molecule has 1 aromatic carbocycles. The number of benzene rings is 1. The second kappa shape index (κ2) is 31.7. The van der Waals surface area contributed by atoms with Crippen LogP contribution in [0.1, 0.15) is 166 Å². The monoisotopic (exact) mass is 842 g/mol. The molecule has 0 fully saturated rings. The van der Waals surface area contributed by atoms with Gasteiger partial charge in [-0.15, -0.1) is 0 Å². The second-order valence-electron chi connectivity index (χ2n) is 14.8. The number of amides is 2. The Labute approximate surface area is 344 Å². The maximum atomic E-state index is 12.2. The molecule has 3 unspecified atom stereocenters. The summed E-state index contributed by atoms with van der Waals surface area (Å²) in [6.45, 7) is 4.99. The summed E-state index contributed by atoms with van der Waals surface area (Å²) in [4.78, 5) is 24.2. The van der Waals surface area contributed by atoms with Crippen molar-refractivity contribution >= 4 is 37.7 Å². The van der Waals surface area contributed by atoms with E-state index in [-0.39, 0.29) is 30.7 Å². The van der Waals surface area contributed by atoms with Gasteiger partial charge in [0.1, 0.15) is 27.5 Å². The third-order valence-corrected chi connectivity index (χ3v) is 11.3. The molecule has 3 atom stereocenters. The molecule has 328 valence electrons. The van der Waals surface area contributed by atoms with E-state index in [4.69, 9.17) is 23.2 Å². The number of methoxy groups -OCH3 is 1. The van der Waals surface area contributed by atoms with Gasteiger partial charge in [-0.3, -0.25) is 0 Å². The molecular weight excluding hydrogens is 769 g/mol. The first-order valence-electron chi connectivity index (χ1n) is 21.1. The summed E-state index contributed by atoms with van der Waals surface area (Å²) in [7, 11) is -4.42. The number of rotatable bonds is 31. The smallest absolute Gasteiger partial charge is 0.407 e. The Morgan fingerprint density at radius 2 is 1.14 bits per heavy atom. The summed E-state index contributed by atoms with van der Waals surface area (Å²) < 4.78 is 64.3. The summed E-state index contributed by atoms with van der Waals surface area (Å²) in [6, 6.07) is 11.2. The highest BCUT2D eigenvalue weighted by atomic mass is 32.2. The minimum Gasteiger partial charge on any atom is -0.497 e. The predicted octanol–water partition coefficient (Wildman–Crippen LogP) is 10.6. The summed E-state index contributed by atoms with van der Waals surface area (Å²) >= 11 is 0. The highest BCUT2D eigenvalue weighted by Crippen LogP contribution is 2.27. The Morgan fingerprint density at radius 3 is 1.58 bits per heavy atom. The van der Waals surface area contributed by atoms with Crippen molar-refractivity contribution in [3.05, 3.63) is 54.0 Å². The molecule has 0 aliphatic rings. The van der Waals surface area contributed by atoms with Gasteiger partial charge in [0, 0.05) is 25.1 Å². The van der Waals surface area contributed by atoms with Crippen molar-refractivity contribution in [2.75, 3.05) is 38.0 Å². The quantitative estimate of drug-likeness (QED) is 0.0490. The summed E-state index contributed by atoms with van der Waals surface area (Å²) in [5.41, 5.74) is 0.935. The van der Waals surface area contributed by atoms with E-state index in [0.29, 0.717) is 18.6 Å². The fourth-order valence-electron chi connectivity index (χ4n) is 6.13. The lowest BCUT2D eigenvalue weighted by atomic mass is 10.0. The maximum Gasteiger partial charge on any atom is 0.407 e. The van der Waals surface area contributed by atoms with Crippen LogP contribution in [0.15, 0.2) is 47.1 Å². The van der Waals surface area contributed by atoms with Crippen LogP contribution in [0.3, 0.4) is 0 Å². The number of hydrogen-bond acceptors (Lipinski definition) is 9. The lowest BCUT2D eigenvalue weighted by Gasteiger charge is -2.19. The Hall–Kier alpha value is -3.23. The first kappa shape index (κ1) is 51.8. The maximum absolute atomic E-state index is 12.2. The van der Waals surface area contributed by atoms with Gasteiger partial charge in [-0.1, -0.05) is 116 Å². The topological polar surface area (TPSA) is 170 Å². The van der Waals surface area contributed by atoms with Gasteiger partial charge in [-0.2, -0.15) is 0 Å². The van der Waals surface area contributed by atoms with Crippen LogP contribution in [-0.2, 0) is 29.1 Å². The summed E-state index contributed by atoms with van der Waals surface area (Å²) in [6.07, 6.45) is 22.7. The van der Waals surface area contributed by atoms with Gasteiger partial charge in [0.05, 0.1) is 28.9 Å². The second-order valence-corrected chi connectivity index (χ2v) is 19.0. The lowest BCUT2D eigenvalue weighted by molar-refractivity contribution is 0.0778. The minimum absolute atomic E-state index is 0.0488. The van der Waals surface area contributed by atoms with Crippen LogP contribution >= 0.6 is 0 Å². The number of nitrogens with one attached hydrogen (secondary N) is 2. The average molecular weight is 843 g/mol. The van der Waals surface area contributed by atoms with Crippen LogP contribution in [0.2, 0.25) is 0 Å². The van der Waals surface area contributed by atoms with E-state index in [1.165, 1.54) is 83.3 Å². The molecule has 14 heteroatoms. The molecule has 0 spiro atoms. The van der Waals surface area contributed by atoms with Crippen LogP contribution in [-0.4, -0.2) is 73.2 Å². The molecule has 1 aromatic heterocycles. The van der Waals surface area contributed by atoms with Gasteiger partial charge in [0.25, 0.3) is 0 Å². The van der Waals surface area contributed by atoms with Gasteiger partial charge in [-0.05, 0) is 74.2 Å². The van der Waals surface area contributed by atoms with Crippen molar-refractivity contribution in [3.8, 4) is 5.75 Å². The largest absolute Gasteiger partial charge is 0.497 e. The van der Waals surface area contributed by atoms with Gasteiger partial charge in [-0.25, -0.2) is 22.2 Å². The number of unbranched alkanes of at least 4 members (excludes halogenated alkanes) is 14. The first-order valence-corrected chi connectivity index (χ1v) is 25.0. The molecule has 0 aliphatic heterocycles. The van der Waals surface area contributed by atoms with Crippen LogP contribution < -0.4 is 15.4 Å². The molecule has 2 aromatic rings. The zero-order valence-electron chi connectivity index (χ0n) is 35.3. The Balaban J connectivity index is 0.000000573. The SMILES string of the molecule is C=S(=O)(O)CCCNC(=O)OC(CCCCCCCCCC)c1ccco1.CCCCCCCCCCC(OC(=O)NCCCS(C)(=O)=O)c1ccc(OC)cc1. The minimum atomic E-state index is -3.02. The van der Waals surface area contributed by atoms with Crippen molar-refractivity contribution in [2.45, 2.75) is 154 Å². The molecule has 2 amide bonds. The molecular formula is C43H74N2O10S2. The summed E-state index contributed by atoms with van der Waals surface area (Å²) in [5, 5.41) is 5.27. The van der Waals surface area contributed by atoms with Crippen molar-refractivity contribution in [3.63, 3.8) is 0 Å². The Morgan fingerprint density at radius 1 is 0.684 bits per heavy atom. The zero-order chi connectivity index (χ0) is 42.2. The highest BCUT2D eigenvalue weighted by Gasteiger charge is 2.19. The van der Waals surface area contributed by atoms with Crippen LogP contribution in [0, 0.1) is 0 Å². The average Bonchev–Trinajstić information content (AvgIpc) is 3.71. The number of carbonyl (C=O) groups is 2. The van der Waals surface area contributed by atoms with E-state index in [1.54, 1.807) is 19.4 Å². The molecule has 2 rings (SSSR count). The Bertz CT molecular complexity index is 1520. The predicted molar refractivity (Wildman–Crippen MR) is 232 cm³/mol. The van der Waals surface area contributed by atoms with Crippen LogP contribution in [0.5, 0.6) is 5.75 Å². The highest BCUT2D eigenvalue weighted by molar-refractivity contribution is 7.95. The number of carbonyl (C=O) groups excluding carboxylic acids is 2. The normalized spacial score (nSPS) is 13.4. The van der Waals surface area contributed by atoms with E-state index in [0.717, 1.165) is 49.8 Å². The molecule has 1 heterocycles. The van der Waals surface area contributed by atoms with Crippen molar-refractivity contribution in [1.29, 1.82) is 0 Å². The van der Waals surface area contributed by atoms with Crippen LogP contribution in [0.4, 0.5) is 9.59 Å². The number of alkyl carbamates (subject to hydrolysis) is 2. The van der Waals surface area contributed by atoms with Crippen molar-refractivity contribution in [1.82, 2.24) is 10.6 Å². The van der Waals surface area contributed by atoms with Crippen LogP contribution in [0.25, 0.3) is 0 Å². The number of hydrogen-bond donors (Lipinski definition) is 3. The molecule has 12 nitrogen and oxygen atoms in total. The van der Waals surface area contributed by atoms with Gasteiger partial charge in [0.2, 0.25) is 0 Å². The van der Waals surface area contributed by atoms with E-state index in [2.05, 4.69) is 30.4 Å². The molecule has 0 radical (unpaired) electrons. The molecule has 57 heavy (non-hydrogen) atoms. The van der Waals surface area contributed by atoms with Gasteiger partial charge < -0.3 is 33.8 Å². The van der Waals surface area contributed by atoms with E-state index in [9.17, 15) is 22.2 Å². The number of ether oxygens (including phenoxy) is 3. The third kappa shape index (κ3) is 29.6. The fourth-order valence-corrected chi connectivity index (χ4v) is 7.39. The van der Waals surface area contributed by atoms with Crippen molar-refractivity contribution < 1.29 is 45.4 Å². The molecule has 3 N–H and O–H groups in total. The van der Waals surface area contributed by atoms with E-state index < -0.39 is 37.9 Å². The molecule has 0 saturated heterocycles. The number of furan rings is 1. The van der Waals surface area contributed by atoms with Crippen molar-refractivity contribution in [2.24, 2.45) is 0 Å². The van der Waals surface area contributed by atoms with E-state index in [1.807, 2.05) is 30.3 Å². The van der Waals surface area contributed by atoms with Gasteiger partial charge >= 0.3 is 12.2 Å². The molecule has 0 bridgehead atoms. The standard InChI is InChI=1S/C23H39NO5S.C20H35NO5S/c1-4-5-6-7-8-9-10-11-13-22(20-14-16-21(28-2)17-15-20)29-23(25)24-18-12-19-30(3,26)27;1-3-4-5-6-7-8-9-10-13-19(18-14-11-16-25-18)26-20(22)21-15-12-17-27(2,23)24/h14-17,22H,4-13,18-19H2,1-3H3,(H,24,25);11,14,16,19H,2-10,12-13,15,17H2,1H3,(H,21,22)(H,23,24).